The largest absolute Gasteiger partial charge is 0.544 e. The predicted octanol–water partition coefficient (Wildman–Crippen LogP) is 2.47. The minimum atomic E-state index is -1.83. The molecule has 0 bridgehead atoms. The third-order valence-corrected chi connectivity index (χ3v) is 8.79. The Morgan fingerprint density at radius 1 is 1.06 bits per heavy atom. The molecule has 0 aromatic rings. The van der Waals surface area contributed by atoms with E-state index in [-0.39, 0.29) is 10.5 Å². The number of rotatable bonds is 1. The summed E-state index contributed by atoms with van der Waals surface area (Å²) < 4.78 is 0. The molecule has 2 N–H and O–H groups in total. The molecule has 4 heteroatoms. The first-order chi connectivity index (χ1) is 6.87. The van der Waals surface area contributed by atoms with Crippen molar-refractivity contribution in [2.45, 2.75) is 59.2 Å². The fraction of sp³-hybridized carbons (Fsp3) is 0.833. The van der Waals surface area contributed by atoms with Crippen LogP contribution in [0.5, 0.6) is 0 Å². The molecular weight excluding hydrogens is 215 g/mol. The average molecular weight is 240 g/mol. The standard InChI is InChI=1S/C12H25BO2Si/c1-11(2,3)10-16(7,12(4,5)6)9-8-13(14)15/h14-15H,10H2,1-7H3. The normalized spacial score (nSPS) is 16.1. The van der Waals surface area contributed by atoms with Crippen molar-refractivity contribution in [3.05, 3.63) is 0 Å². The van der Waals surface area contributed by atoms with Crippen molar-refractivity contribution in [3.63, 3.8) is 0 Å². The summed E-state index contributed by atoms with van der Waals surface area (Å²) in [5, 5.41) is 17.9. The lowest BCUT2D eigenvalue weighted by molar-refractivity contribution is 0.427. The molecule has 2 nitrogen and oxygen atoms in total. The van der Waals surface area contributed by atoms with Gasteiger partial charge in [-0.1, -0.05) is 53.9 Å². The molecule has 0 saturated heterocycles. The van der Waals surface area contributed by atoms with E-state index in [0.717, 1.165) is 6.04 Å². The van der Waals surface area contributed by atoms with Crippen molar-refractivity contribution in [3.8, 4) is 11.4 Å². The van der Waals surface area contributed by atoms with E-state index in [0.29, 0.717) is 0 Å². The second kappa shape index (κ2) is 4.95. The molecule has 0 aliphatic rings. The van der Waals surface area contributed by atoms with Crippen molar-refractivity contribution in [2.75, 3.05) is 0 Å². The zero-order valence-electron chi connectivity index (χ0n) is 11.7. The van der Waals surface area contributed by atoms with Gasteiger partial charge in [0.1, 0.15) is 8.07 Å². The molecule has 0 rings (SSSR count). The van der Waals surface area contributed by atoms with Gasteiger partial charge in [0.05, 0.1) is 0 Å². The van der Waals surface area contributed by atoms with Crippen molar-refractivity contribution < 1.29 is 10.0 Å². The van der Waals surface area contributed by atoms with E-state index in [1.165, 1.54) is 0 Å². The van der Waals surface area contributed by atoms with Gasteiger partial charge in [-0.05, 0) is 16.5 Å². The number of hydrogen-bond donors (Lipinski definition) is 2. The lowest BCUT2D eigenvalue weighted by Gasteiger charge is -2.40. The Kier molecular flexibility index (Phi) is 4.88. The first-order valence-electron chi connectivity index (χ1n) is 5.76. The van der Waals surface area contributed by atoms with Crippen LogP contribution < -0.4 is 0 Å². The monoisotopic (exact) mass is 240 g/mol. The smallest absolute Gasteiger partial charge is 0.416 e. The first-order valence-corrected chi connectivity index (χ1v) is 8.47. The molecule has 0 fully saturated rings. The maximum absolute atomic E-state index is 8.88. The maximum Gasteiger partial charge on any atom is 0.544 e. The topological polar surface area (TPSA) is 40.5 Å². The van der Waals surface area contributed by atoms with E-state index in [4.69, 9.17) is 10.0 Å². The quantitative estimate of drug-likeness (QED) is 0.546. The third-order valence-electron chi connectivity index (χ3n) is 3.02. The Bertz CT molecular complexity index is 291. The van der Waals surface area contributed by atoms with Gasteiger partial charge in [-0.15, -0.1) is 5.54 Å². The highest BCUT2D eigenvalue weighted by molar-refractivity contribution is 6.89. The average Bonchev–Trinajstić information content (AvgIpc) is 1.95. The molecule has 0 radical (unpaired) electrons. The second-order valence-electron chi connectivity index (χ2n) is 6.96. The molecule has 1 atom stereocenters. The molecule has 0 saturated carbocycles. The Morgan fingerprint density at radius 2 is 1.50 bits per heavy atom. The van der Waals surface area contributed by atoms with Crippen molar-refractivity contribution in [1.82, 2.24) is 0 Å². The van der Waals surface area contributed by atoms with Gasteiger partial charge in [-0.3, -0.25) is 0 Å². The van der Waals surface area contributed by atoms with Gasteiger partial charge in [0.15, 0.2) is 0 Å². The van der Waals surface area contributed by atoms with Gasteiger partial charge in [-0.25, -0.2) is 0 Å². The lowest BCUT2D eigenvalue weighted by atomic mass is 9.95. The Labute approximate surface area is 102 Å². The van der Waals surface area contributed by atoms with Crippen LogP contribution in [0.15, 0.2) is 0 Å². The van der Waals surface area contributed by atoms with Gasteiger partial charge in [-0.2, -0.15) is 0 Å². The molecule has 0 aromatic heterocycles. The van der Waals surface area contributed by atoms with E-state index in [1.807, 2.05) is 0 Å². The Hall–Kier alpha value is -0.238. The van der Waals surface area contributed by atoms with Crippen LogP contribution in [0.25, 0.3) is 0 Å². The van der Waals surface area contributed by atoms with Crippen LogP contribution in [-0.4, -0.2) is 25.2 Å². The zero-order valence-corrected chi connectivity index (χ0v) is 12.7. The summed E-state index contributed by atoms with van der Waals surface area (Å²) in [6.45, 7) is 15.5. The van der Waals surface area contributed by atoms with Crippen molar-refractivity contribution in [2.24, 2.45) is 5.41 Å². The summed E-state index contributed by atoms with van der Waals surface area (Å²) >= 11 is 0. The SMILES string of the molecule is CC(C)(C)C[Si](C)(C#CB(O)O)C(C)(C)C. The molecule has 0 aliphatic carbocycles. The van der Waals surface area contributed by atoms with E-state index in [2.05, 4.69) is 59.5 Å². The highest BCUT2D eigenvalue weighted by atomic mass is 28.3. The summed E-state index contributed by atoms with van der Waals surface area (Å²) in [4.78, 5) is 0. The molecule has 92 valence electrons. The van der Waals surface area contributed by atoms with Crippen LogP contribution in [0.1, 0.15) is 41.5 Å². The zero-order chi connectivity index (χ0) is 13.2. The fourth-order valence-electron chi connectivity index (χ4n) is 1.78. The van der Waals surface area contributed by atoms with Crippen LogP contribution >= 0.6 is 0 Å². The van der Waals surface area contributed by atoms with Gasteiger partial charge >= 0.3 is 7.12 Å². The minimum Gasteiger partial charge on any atom is -0.416 e. The van der Waals surface area contributed by atoms with Crippen LogP contribution in [0.4, 0.5) is 0 Å². The molecule has 0 heterocycles. The molecule has 0 spiro atoms. The van der Waals surface area contributed by atoms with Gasteiger partial charge in [0.2, 0.25) is 0 Å². The summed E-state index contributed by atoms with van der Waals surface area (Å²) in [6, 6.07) is 1.06. The van der Waals surface area contributed by atoms with E-state index in [1.54, 1.807) is 0 Å². The third kappa shape index (κ3) is 5.20. The lowest BCUT2D eigenvalue weighted by Crippen LogP contribution is -2.43. The molecule has 0 aliphatic heterocycles. The summed E-state index contributed by atoms with van der Waals surface area (Å²) in [7, 11) is -3.34. The van der Waals surface area contributed by atoms with Gasteiger partial charge < -0.3 is 10.0 Å². The van der Waals surface area contributed by atoms with Crippen LogP contribution in [-0.2, 0) is 0 Å². The fourth-order valence-corrected chi connectivity index (χ4v) is 5.34. The molecule has 16 heavy (non-hydrogen) atoms. The van der Waals surface area contributed by atoms with Crippen molar-refractivity contribution in [1.29, 1.82) is 0 Å². The van der Waals surface area contributed by atoms with E-state index in [9.17, 15) is 0 Å². The van der Waals surface area contributed by atoms with Crippen LogP contribution in [0.3, 0.4) is 0 Å². The first kappa shape index (κ1) is 15.8. The predicted molar refractivity (Wildman–Crippen MR) is 73.6 cm³/mol. The maximum atomic E-state index is 8.88. The highest BCUT2D eigenvalue weighted by Gasteiger charge is 2.41. The van der Waals surface area contributed by atoms with Crippen LogP contribution in [0.2, 0.25) is 17.6 Å². The Morgan fingerprint density at radius 3 is 1.75 bits per heavy atom. The van der Waals surface area contributed by atoms with Crippen molar-refractivity contribution >= 4 is 15.2 Å². The van der Waals surface area contributed by atoms with Crippen LogP contribution in [0, 0.1) is 16.8 Å². The van der Waals surface area contributed by atoms with E-state index < -0.39 is 15.2 Å². The molecule has 0 aromatic carbocycles. The highest BCUT2D eigenvalue weighted by Crippen LogP contribution is 2.43. The van der Waals surface area contributed by atoms with Gasteiger partial charge in [0.25, 0.3) is 0 Å². The van der Waals surface area contributed by atoms with E-state index >= 15 is 0 Å². The minimum absolute atomic E-state index is 0.141. The molecule has 1 unspecified atom stereocenters. The van der Waals surface area contributed by atoms with Gasteiger partial charge in [0, 0.05) is 0 Å². The summed E-state index contributed by atoms with van der Waals surface area (Å²) in [6.07, 6.45) is 0. The summed E-state index contributed by atoms with van der Waals surface area (Å²) in [5.74, 6) is 2.54. The Balaban J connectivity index is 5.17. The summed E-state index contributed by atoms with van der Waals surface area (Å²) in [5.41, 5.74) is 3.41. The molecular formula is C12H25BO2Si. The second-order valence-corrected chi connectivity index (χ2v) is 11.7. The molecule has 0 amide bonds. The number of hydrogen-bond acceptors (Lipinski definition) is 2.